The summed E-state index contributed by atoms with van der Waals surface area (Å²) in [4.78, 5) is 27.4. The van der Waals surface area contributed by atoms with E-state index in [1.165, 1.54) is 0 Å². The molecule has 2 rings (SSSR count). The highest BCUT2D eigenvalue weighted by Crippen LogP contribution is 2.23. The number of benzene rings is 2. The molecule has 1 N–H and O–H groups in total. The van der Waals surface area contributed by atoms with Crippen LogP contribution in [0, 0.1) is 20.8 Å². The van der Waals surface area contributed by atoms with E-state index in [9.17, 15) is 9.59 Å². The summed E-state index contributed by atoms with van der Waals surface area (Å²) in [5.41, 5.74) is 4.06. The summed E-state index contributed by atoms with van der Waals surface area (Å²) in [5.74, 6) is 0.930. The van der Waals surface area contributed by atoms with Crippen molar-refractivity contribution in [2.75, 3.05) is 13.7 Å². The Bertz CT molecular complexity index is 924. The van der Waals surface area contributed by atoms with Gasteiger partial charge in [-0.2, -0.15) is 0 Å². The predicted octanol–water partition coefficient (Wildman–Crippen LogP) is 3.94. The molecule has 0 aromatic heterocycles. The summed E-state index contributed by atoms with van der Waals surface area (Å²) in [5, 5.41) is 2.89. The molecule has 2 amide bonds. The lowest BCUT2D eigenvalue weighted by Gasteiger charge is -2.29. The maximum Gasteiger partial charge on any atom is 0.261 e. The molecule has 0 aliphatic heterocycles. The summed E-state index contributed by atoms with van der Waals surface area (Å²) in [6, 6.07) is 10.8. The average molecular weight is 427 g/mol. The van der Waals surface area contributed by atoms with Crippen LogP contribution < -0.4 is 14.8 Å². The van der Waals surface area contributed by atoms with Crippen molar-refractivity contribution in [1.82, 2.24) is 10.2 Å². The molecule has 6 heteroatoms. The Morgan fingerprint density at radius 2 is 1.77 bits per heavy atom. The van der Waals surface area contributed by atoms with Crippen molar-refractivity contribution < 1.29 is 19.1 Å². The molecule has 0 saturated carbocycles. The number of methoxy groups -OCH3 is 1. The van der Waals surface area contributed by atoms with Crippen LogP contribution in [-0.2, 0) is 16.1 Å². The smallest absolute Gasteiger partial charge is 0.261 e. The molecule has 1 atom stereocenters. The second-order valence-electron chi connectivity index (χ2n) is 8.21. The van der Waals surface area contributed by atoms with Gasteiger partial charge in [0.2, 0.25) is 5.91 Å². The number of hydrogen-bond acceptors (Lipinski definition) is 4. The van der Waals surface area contributed by atoms with Crippen molar-refractivity contribution in [3.05, 3.63) is 58.7 Å². The SMILES string of the molecule is COc1cccc(CN(C(=O)COc2cc(C)cc(C)c2C)[C@@H](C)C(=O)NC(C)C)c1. The number of hydrogen-bond donors (Lipinski definition) is 1. The molecule has 31 heavy (non-hydrogen) atoms. The average Bonchev–Trinajstić information content (AvgIpc) is 2.72. The molecule has 0 aliphatic rings. The molecule has 168 valence electrons. The fourth-order valence-corrected chi connectivity index (χ4v) is 3.33. The fraction of sp³-hybridized carbons (Fsp3) is 0.440. The van der Waals surface area contributed by atoms with Crippen molar-refractivity contribution >= 4 is 11.8 Å². The highest BCUT2D eigenvalue weighted by atomic mass is 16.5. The first-order valence-corrected chi connectivity index (χ1v) is 10.6. The third-order valence-electron chi connectivity index (χ3n) is 5.20. The lowest BCUT2D eigenvalue weighted by Crippen LogP contribution is -2.50. The van der Waals surface area contributed by atoms with Crippen LogP contribution in [0.2, 0.25) is 0 Å². The van der Waals surface area contributed by atoms with E-state index in [0.29, 0.717) is 11.5 Å². The molecule has 0 fully saturated rings. The first kappa shape index (κ1) is 24.3. The molecular weight excluding hydrogens is 392 g/mol. The lowest BCUT2D eigenvalue weighted by molar-refractivity contribution is -0.142. The third kappa shape index (κ3) is 6.74. The van der Waals surface area contributed by atoms with E-state index >= 15 is 0 Å². The number of nitrogens with one attached hydrogen (secondary N) is 1. The van der Waals surface area contributed by atoms with Crippen LogP contribution in [-0.4, -0.2) is 42.5 Å². The molecular formula is C25H34N2O4. The molecule has 2 aromatic carbocycles. The zero-order chi connectivity index (χ0) is 23.1. The molecule has 0 spiro atoms. The van der Waals surface area contributed by atoms with Gasteiger partial charge in [-0.1, -0.05) is 18.2 Å². The Kier molecular flexibility index (Phi) is 8.48. The largest absolute Gasteiger partial charge is 0.497 e. The van der Waals surface area contributed by atoms with Gasteiger partial charge < -0.3 is 19.7 Å². The van der Waals surface area contributed by atoms with E-state index in [2.05, 4.69) is 11.4 Å². The van der Waals surface area contributed by atoms with Gasteiger partial charge in [-0.25, -0.2) is 0 Å². The van der Waals surface area contributed by atoms with Crippen molar-refractivity contribution in [3.63, 3.8) is 0 Å². The van der Waals surface area contributed by atoms with Crippen LogP contribution >= 0.6 is 0 Å². The van der Waals surface area contributed by atoms with Crippen LogP contribution in [0.15, 0.2) is 36.4 Å². The molecule has 0 saturated heterocycles. The Morgan fingerprint density at radius 3 is 2.42 bits per heavy atom. The standard InChI is InChI=1S/C25H34N2O4/c1-16(2)26-25(29)20(6)27(14-21-9-8-10-22(13-21)30-7)24(28)15-31-23-12-17(3)11-18(4)19(23)5/h8-13,16,20H,14-15H2,1-7H3,(H,26,29)/t20-/m0/s1. The zero-order valence-corrected chi connectivity index (χ0v) is 19.6. The first-order valence-electron chi connectivity index (χ1n) is 10.6. The van der Waals surface area contributed by atoms with Crippen molar-refractivity contribution in [3.8, 4) is 11.5 Å². The van der Waals surface area contributed by atoms with Gasteiger partial charge in [-0.05, 0) is 82.0 Å². The summed E-state index contributed by atoms with van der Waals surface area (Å²) < 4.78 is 11.2. The van der Waals surface area contributed by atoms with Gasteiger partial charge in [0.1, 0.15) is 17.5 Å². The lowest BCUT2D eigenvalue weighted by atomic mass is 10.1. The first-order chi connectivity index (χ1) is 14.6. The third-order valence-corrected chi connectivity index (χ3v) is 5.20. The zero-order valence-electron chi connectivity index (χ0n) is 19.6. The Balaban J connectivity index is 2.23. The normalized spacial score (nSPS) is 11.7. The van der Waals surface area contributed by atoms with Gasteiger partial charge in [0, 0.05) is 12.6 Å². The van der Waals surface area contributed by atoms with E-state index in [4.69, 9.17) is 9.47 Å². The summed E-state index contributed by atoms with van der Waals surface area (Å²) in [6.45, 7) is 11.6. The number of amides is 2. The Hall–Kier alpha value is -3.02. The molecule has 0 radical (unpaired) electrons. The quantitative estimate of drug-likeness (QED) is 0.659. The number of carbonyl (C=O) groups is 2. The molecule has 6 nitrogen and oxygen atoms in total. The number of aryl methyl sites for hydroxylation is 2. The van der Waals surface area contributed by atoms with Crippen molar-refractivity contribution in [2.45, 2.75) is 60.2 Å². The minimum Gasteiger partial charge on any atom is -0.497 e. The summed E-state index contributed by atoms with van der Waals surface area (Å²) in [7, 11) is 1.60. The summed E-state index contributed by atoms with van der Waals surface area (Å²) in [6.07, 6.45) is 0. The highest BCUT2D eigenvalue weighted by molar-refractivity contribution is 5.88. The Morgan fingerprint density at radius 1 is 1.06 bits per heavy atom. The van der Waals surface area contributed by atoms with Gasteiger partial charge in [-0.15, -0.1) is 0 Å². The van der Waals surface area contributed by atoms with Crippen LogP contribution in [0.1, 0.15) is 43.0 Å². The Labute approximate surface area is 185 Å². The van der Waals surface area contributed by atoms with Gasteiger partial charge in [0.05, 0.1) is 7.11 Å². The minimum absolute atomic E-state index is 0.0158. The van der Waals surface area contributed by atoms with Gasteiger partial charge >= 0.3 is 0 Å². The van der Waals surface area contributed by atoms with Crippen LogP contribution in [0.3, 0.4) is 0 Å². The molecule has 0 bridgehead atoms. The van der Waals surface area contributed by atoms with Crippen LogP contribution in [0.25, 0.3) is 0 Å². The summed E-state index contributed by atoms with van der Waals surface area (Å²) >= 11 is 0. The number of ether oxygens (including phenoxy) is 2. The molecule has 0 aliphatic carbocycles. The van der Waals surface area contributed by atoms with E-state index in [0.717, 1.165) is 22.3 Å². The highest BCUT2D eigenvalue weighted by Gasteiger charge is 2.27. The van der Waals surface area contributed by atoms with Crippen LogP contribution in [0.4, 0.5) is 0 Å². The molecule has 0 heterocycles. The second-order valence-corrected chi connectivity index (χ2v) is 8.21. The predicted molar refractivity (Wildman–Crippen MR) is 122 cm³/mol. The number of nitrogens with zero attached hydrogens (tertiary/aromatic N) is 1. The van der Waals surface area contributed by atoms with E-state index in [1.807, 2.05) is 65.0 Å². The monoisotopic (exact) mass is 426 g/mol. The fourth-order valence-electron chi connectivity index (χ4n) is 3.33. The van der Waals surface area contributed by atoms with Gasteiger partial charge in [-0.3, -0.25) is 9.59 Å². The van der Waals surface area contributed by atoms with Gasteiger partial charge in [0.25, 0.3) is 5.91 Å². The van der Waals surface area contributed by atoms with E-state index in [1.54, 1.807) is 18.9 Å². The van der Waals surface area contributed by atoms with E-state index < -0.39 is 6.04 Å². The topological polar surface area (TPSA) is 67.9 Å². The molecule has 2 aromatic rings. The number of rotatable bonds is 9. The maximum atomic E-state index is 13.2. The molecule has 0 unspecified atom stereocenters. The van der Waals surface area contributed by atoms with Crippen molar-refractivity contribution in [2.24, 2.45) is 0 Å². The van der Waals surface area contributed by atoms with Gasteiger partial charge in [0.15, 0.2) is 6.61 Å². The van der Waals surface area contributed by atoms with E-state index in [-0.39, 0.29) is 31.0 Å². The van der Waals surface area contributed by atoms with Crippen LogP contribution in [0.5, 0.6) is 11.5 Å². The second kappa shape index (κ2) is 10.8. The minimum atomic E-state index is -0.648. The maximum absolute atomic E-state index is 13.2. The van der Waals surface area contributed by atoms with Crippen molar-refractivity contribution in [1.29, 1.82) is 0 Å². The number of carbonyl (C=O) groups excluding carboxylic acids is 2.